The molecule has 2 atom stereocenters. The summed E-state index contributed by atoms with van der Waals surface area (Å²) in [6, 6.07) is 14.3. The molecule has 4 aromatic rings. The first kappa shape index (κ1) is 29.4. The summed E-state index contributed by atoms with van der Waals surface area (Å²) in [5.41, 5.74) is 6.80. The molecular formula is C34H33FN4O5. The molecule has 2 aliphatic rings. The van der Waals surface area contributed by atoms with Gasteiger partial charge in [-0.25, -0.2) is 9.37 Å². The van der Waals surface area contributed by atoms with E-state index < -0.39 is 22.7 Å². The monoisotopic (exact) mass is 596 g/mol. The molecule has 2 aromatic carbocycles. The Kier molecular flexibility index (Phi) is 7.20. The number of hydrogen-bond donors (Lipinski definition) is 3. The molecule has 2 amide bonds. The molecule has 0 spiro atoms. The van der Waals surface area contributed by atoms with Crippen LogP contribution in [-0.4, -0.2) is 39.3 Å². The topological polar surface area (TPSA) is 144 Å². The van der Waals surface area contributed by atoms with Crippen molar-refractivity contribution in [1.29, 1.82) is 0 Å². The number of hydrogen-bond acceptors (Lipinski definition) is 7. The summed E-state index contributed by atoms with van der Waals surface area (Å²) in [5.74, 6) is -1.03. The fourth-order valence-electron chi connectivity index (χ4n) is 5.47. The molecule has 0 radical (unpaired) electrons. The number of aromatic nitrogens is 2. The van der Waals surface area contributed by atoms with Gasteiger partial charge in [-0.2, -0.15) is 0 Å². The third kappa shape index (κ3) is 5.41. The zero-order valence-electron chi connectivity index (χ0n) is 24.7. The summed E-state index contributed by atoms with van der Waals surface area (Å²) < 4.78 is 19.6. The van der Waals surface area contributed by atoms with Gasteiger partial charge in [-0.05, 0) is 88.6 Å². The van der Waals surface area contributed by atoms with E-state index in [0.29, 0.717) is 44.7 Å². The Morgan fingerprint density at radius 1 is 1.11 bits per heavy atom. The second-order valence-corrected chi connectivity index (χ2v) is 12.2. The van der Waals surface area contributed by atoms with Crippen molar-refractivity contribution in [2.45, 2.75) is 57.5 Å². The van der Waals surface area contributed by atoms with E-state index in [1.54, 1.807) is 44.2 Å². The lowest BCUT2D eigenvalue weighted by molar-refractivity contribution is -0.123. The Hall–Kier alpha value is -4.70. The predicted octanol–water partition coefficient (Wildman–Crippen LogP) is 5.10. The zero-order valence-corrected chi connectivity index (χ0v) is 24.7. The summed E-state index contributed by atoms with van der Waals surface area (Å²) in [7, 11) is 0. The number of anilines is 1. The number of aliphatic hydroxyl groups is 1. The van der Waals surface area contributed by atoms with Crippen LogP contribution >= 0.6 is 0 Å². The molecule has 44 heavy (non-hydrogen) atoms. The number of fused-ring (bicyclic) bond motifs is 2. The van der Waals surface area contributed by atoms with Gasteiger partial charge in [0.2, 0.25) is 11.8 Å². The van der Waals surface area contributed by atoms with Gasteiger partial charge in [-0.1, -0.05) is 6.07 Å². The second-order valence-electron chi connectivity index (χ2n) is 12.2. The molecule has 9 nitrogen and oxygen atoms in total. The summed E-state index contributed by atoms with van der Waals surface area (Å²) in [6.45, 7) is 5.07. The molecule has 226 valence electrons. The minimum Gasteiger partial charge on any atom is -0.489 e. The van der Waals surface area contributed by atoms with E-state index in [-0.39, 0.29) is 42.8 Å². The van der Waals surface area contributed by atoms with E-state index in [9.17, 15) is 23.9 Å². The number of nitrogens with two attached hydrogens (primary N) is 1. The van der Waals surface area contributed by atoms with Crippen molar-refractivity contribution in [3.05, 3.63) is 82.9 Å². The number of nitrogens with one attached hydrogen (secondary N) is 1. The summed E-state index contributed by atoms with van der Waals surface area (Å²) >= 11 is 0. The van der Waals surface area contributed by atoms with Crippen LogP contribution in [0, 0.1) is 18.7 Å². The average Bonchev–Trinajstić information content (AvgIpc) is 3.79. The van der Waals surface area contributed by atoms with Gasteiger partial charge in [-0.3, -0.25) is 19.4 Å². The van der Waals surface area contributed by atoms with Gasteiger partial charge in [0.15, 0.2) is 5.78 Å². The maximum absolute atomic E-state index is 13.7. The quantitative estimate of drug-likeness (QED) is 0.228. The Morgan fingerprint density at radius 3 is 2.52 bits per heavy atom. The molecule has 10 heteroatoms. The van der Waals surface area contributed by atoms with Crippen LogP contribution in [-0.2, 0) is 20.6 Å². The van der Waals surface area contributed by atoms with E-state index in [4.69, 9.17) is 15.5 Å². The number of aryl methyl sites for hydroxylation is 1. The van der Waals surface area contributed by atoms with E-state index in [0.717, 1.165) is 18.5 Å². The maximum atomic E-state index is 13.7. The number of benzene rings is 2. The second kappa shape index (κ2) is 10.8. The van der Waals surface area contributed by atoms with Gasteiger partial charge in [0.05, 0.1) is 16.9 Å². The van der Waals surface area contributed by atoms with Gasteiger partial charge >= 0.3 is 0 Å². The van der Waals surface area contributed by atoms with Gasteiger partial charge < -0.3 is 20.9 Å². The number of pyridine rings is 2. The Bertz CT molecular complexity index is 1830. The van der Waals surface area contributed by atoms with Crippen LogP contribution in [0.2, 0.25) is 0 Å². The third-order valence-electron chi connectivity index (χ3n) is 8.58. The predicted molar refractivity (Wildman–Crippen MR) is 163 cm³/mol. The first-order valence-electron chi connectivity index (χ1n) is 14.6. The number of Topliss-reactive ketones (excluding diaryl/α,β-unsaturated/α-hetero) is 1. The van der Waals surface area contributed by atoms with Crippen molar-refractivity contribution >= 4 is 34.2 Å². The van der Waals surface area contributed by atoms with Crippen LogP contribution < -0.4 is 15.8 Å². The fourth-order valence-corrected chi connectivity index (χ4v) is 5.47. The fraction of sp³-hybridized carbons (Fsp3) is 0.324. The molecule has 1 aliphatic carbocycles. The van der Waals surface area contributed by atoms with Crippen molar-refractivity contribution in [1.82, 2.24) is 9.97 Å². The van der Waals surface area contributed by atoms with Crippen LogP contribution in [0.4, 0.5) is 10.1 Å². The first-order chi connectivity index (χ1) is 20.9. The van der Waals surface area contributed by atoms with Gasteiger partial charge in [0.25, 0.3) is 0 Å². The normalized spacial score (nSPS) is 18.8. The van der Waals surface area contributed by atoms with Gasteiger partial charge in [0.1, 0.15) is 34.9 Å². The third-order valence-corrected chi connectivity index (χ3v) is 8.58. The summed E-state index contributed by atoms with van der Waals surface area (Å²) in [4.78, 5) is 47.9. The Labute approximate surface area is 253 Å². The minimum atomic E-state index is -1.60. The number of amides is 2. The lowest BCUT2D eigenvalue weighted by Crippen LogP contribution is -2.40. The maximum Gasteiger partial charge on any atom is 0.231 e. The number of halogens is 1. The van der Waals surface area contributed by atoms with Crippen LogP contribution in [0.3, 0.4) is 0 Å². The highest BCUT2D eigenvalue weighted by atomic mass is 19.1. The van der Waals surface area contributed by atoms with E-state index in [1.165, 1.54) is 12.1 Å². The number of nitrogens with zero attached hydrogens (tertiary/aromatic N) is 2. The molecule has 0 unspecified atom stereocenters. The highest BCUT2D eigenvalue weighted by Gasteiger charge is 2.45. The van der Waals surface area contributed by atoms with Gasteiger partial charge in [-0.15, -0.1) is 0 Å². The number of rotatable bonds is 9. The lowest BCUT2D eigenvalue weighted by Gasteiger charge is -2.26. The molecule has 0 saturated heterocycles. The van der Waals surface area contributed by atoms with Crippen LogP contribution in [0.25, 0.3) is 22.2 Å². The SMILES string of the molecule is Cc1ccc2cc(C(=O)CC[C@](C)(O)c3cc4c(c(-c5ccc(F)cc5)n3)OC[C@]4(C)C(N)=O)cc(NC(=O)C3CC3)c2n1. The molecule has 1 saturated carbocycles. The zero-order chi connectivity index (χ0) is 31.4. The van der Waals surface area contributed by atoms with Gasteiger partial charge in [0, 0.05) is 40.1 Å². The molecule has 1 aliphatic heterocycles. The highest BCUT2D eigenvalue weighted by Crippen LogP contribution is 2.46. The largest absolute Gasteiger partial charge is 0.489 e. The number of carbonyl (C=O) groups is 3. The van der Waals surface area contributed by atoms with Crippen molar-refractivity contribution in [2.24, 2.45) is 11.7 Å². The molecule has 1 fully saturated rings. The van der Waals surface area contributed by atoms with Crippen molar-refractivity contribution in [2.75, 3.05) is 11.9 Å². The molecule has 6 rings (SSSR count). The number of ether oxygens (including phenoxy) is 1. The van der Waals surface area contributed by atoms with E-state index >= 15 is 0 Å². The summed E-state index contributed by atoms with van der Waals surface area (Å²) in [6.07, 6.45) is 1.65. The van der Waals surface area contributed by atoms with E-state index in [2.05, 4.69) is 10.3 Å². The van der Waals surface area contributed by atoms with Crippen LogP contribution in [0.15, 0.2) is 54.6 Å². The minimum absolute atomic E-state index is 0.00255. The van der Waals surface area contributed by atoms with Crippen molar-refractivity contribution < 1.29 is 28.6 Å². The molecule has 3 heterocycles. The molecular weight excluding hydrogens is 563 g/mol. The molecule has 4 N–H and O–H groups in total. The lowest BCUT2D eigenvalue weighted by atomic mass is 9.81. The first-order valence-corrected chi connectivity index (χ1v) is 14.6. The summed E-state index contributed by atoms with van der Waals surface area (Å²) in [5, 5.41) is 15.3. The number of primary amides is 1. The highest BCUT2D eigenvalue weighted by molar-refractivity contribution is 6.07. The standard InChI is InChI=1S/C34H33FN4O5/c1-18-4-5-21-14-22(15-25(28(21)37-18)38-31(41)20-6-7-20)26(40)12-13-34(3,43)27-16-24-30(44-17-33(24,2)32(36)42)29(39-27)19-8-10-23(35)11-9-19/h4-5,8-11,14-16,20,43H,6-7,12-13,17H2,1-3H3,(H2,36,42)(H,38,41)/t33-,34-/m0/s1. The molecule has 2 aromatic heterocycles. The average molecular weight is 597 g/mol. The van der Waals surface area contributed by atoms with E-state index in [1.807, 2.05) is 19.1 Å². The van der Waals surface area contributed by atoms with Crippen LogP contribution in [0.1, 0.15) is 66.8 Å². The number of ketones is 1. The van der Waals surface area contributed by atoms with Crippen molar-refractivity contribution in [3.8, 4) is 17.0 Å². The smallest absolute Gasteiger partial charge is 0.231 e. The molecule has 0 bridgehead atoms. The number of carbonyl (C=O) groups excluding carboxylic acids is 3. The van der Waals surface area contributed by atoms with Crippen LogP contribution in [0.5, 0.6) is 5.75 Å². The Balaban J connectivity index is 1.32. The Morgan fingerprint density at radius 2 is 1.84 bits per heavy atom. The van der Waals surface area contributed by atoms with Crippen molar-refractivity contribution in [3.63, 3.8) is 0 Å².